The number of amides is 1. The molecule has 0 unspecified atom stereocenters. The number of hydrogen-bond acceptors (Lipinski definition) is 5. The van der Waals surface area contributed by atoms with E-state index in [9.17, 15) is 4.79 Å². The van der Waals surface area contributed by atoms with Gasteiger partial charge in [-0.3, -0.25) is 4.79 Å². The van der Waals surface area contributed by atoms with Gasteiger partial charge in [-0.2, -0.15) is 0 Å². The minimum Gasteiger partial charge on any atom is -0.493 e. The minimum atomic E-state index is -0.228. The number of carbonyl (C=O) groups is 1. The van der Waals surface area contributed by atoms with E-state index >= 15 is 0 Å². The molecule has 7 heteroatoms. The Kier molecular flexibility index (Phi) is 5.90. The molecule has 0 N–H and O–H groups in total. The van der Waals surface area contributed by atoms with Gasteiger partial charge in [-0.25, -0.2) is 0 Å². The number of para-hydroxylation sites is 1. The van der Waals surface area contributed by atoms with Crippen LogP contribution in [0.4, 0.5) is 5.69 Å². The van der Waals surface area contributed by atoms with Gasteiger partial charge >= 0.3 is 0 Å². The first-order valence-corrected chi connectivity index (χ1v) is 9.04. The van der Waals surface area contributed by atoms with Gasteiger partial charge in [0.2, 0.25) is 0 Å². The maximum absolute atomic E-state index is 13.4. The summed E-state index contributed by atoms with van der Waals surface area (Å²) in [5, 5.41) is 4.29. The summed E-state index contributed by atoms with van der Waals surface area (Å²) in [6, 6.07) is 12.6. The molecule has 0 aliphatic carbocycles. The van der Waals surface area contributed by atoms with Gasteiger partial charge in [0, 0.05) is 16.8 Å². The predicted molar refractivity (Wildman–Crippen MR) is 107 cm³/mol. The molecule has 3 rings (SSSR count). The fraction of sp³-hybridized carbons (Fsp3) is 0.238. The second kappa shape index (κ2) is 8.35. The van der Waals surface area contributed by atoms with Crippen molar-refractivity contribution >= 4 is 23.2 Å². The average Bonchev–Trinajstić information content (AvgIpc) is 3.03. The highest BCUT2D eigenvalue weighted by atomic mass is 35.5. The maximum atomic E-state index is 13.4. The fourth-order valence-corrected chi connectivity index (χ4v) is 3.26. The van der Waals surface area contributed by atoms with E-state index in [0.717, 1.165) is 16.9 Å². The third kappa shape index (κ3) is 3.82. The van der Waals surface area contributed by atoms with Crippen LogP contribution in [0.25, 0.3) is 0 Å². The topological polar surface area (TPSA) is 64.8 Å². The normalized spacial score (nSPS) is 10.6. The molecule has 0 atom stereocenters. The Bertz CT molecular complexity index is 966. The number of hydrogen-bond donors (Lipinski definition) is 0. The lowest BCUT2D eigenvalue weighted by Gasteiger charge is -2.23. The minimum absolute atomic E-state index is 0.228. The summed E-state index contributed by atoms with van der Waals surface area (Å²) in [5.74, 6) is 1.23. The van der Waals surface area contributed by atoms with Crippen molar-refractivity contribution < 1.29 is 18.8 Å². The summed E-state index contributed by atoms with van der Waals surface area (Å²) < 4.78 is 15.9. The Morgan fingerprint density at radius 2 is 1.86 bits per heavy atom. The third-order valence-corrected chi connectivity index (χ3v) is 4.77. The number of aryl methyl sites for hydroxylation is 2. The Morgan fingerprint density at radius 1 is 1.14 bits per heavy atom. The number of nitrogens with zero attached hydrogens (tertiary/aromatic N) is 2. The van der Waals surface area contributed by atoms with Crippen LogP contribution in [0.3, 0.4) is 0 Å². The third-order valence-electron chi connectivity index (χ3n) is 4.49. The molecule has 1 heterocycles. The molecule has 0 spiro atoms. The molecule has 28 heavy (non-hydrogen) atoms. The highest BCUT2D eigenvalue weighted by molar-refractivity contribution is 6.32. The number of benzene rings is 2. The van der Waals surface area contributed by atoms with Gasteiger partial charge in [0.25, 0.3) is 5.91 Å². The Morgan fingerprint density at radius 3 is 2.43 bits per heavy atom. The summed E-state index contributed by atoms with van der Waals surface area (Å²) in [6.07, 6.45) is 0. The number of ether oxygens (including phenoxy) is 2. The molecule has 0 aliphatic rings. The summed E-state index contributed by atoms with van der Waals surface area (Å²) in [7, 11) is 3.00. The number of halogens is 1. The molecule has 1 aromatic heterocycles. The Balaban J connectivity index is 2.06. The van der Waals surface area contributed by atoms with E-state index in [-0.39, 0.29) is 5.91 Å². The number of aromatic nitrogens is 1. The summed E-state index contributed by atoms with van der Waals surface area (Å²) in [5.41, 5.74) is 2.75. The number of carbonyl (C=O) groups excluding carboxylic acids is 1. The molecule has 6 nitrogen and oxygen atoms in total. The van der Waals surface area contributed by atoms with Crippen molar-refractivity contribution in [1.82, 2.24) is 5.16 Å². The van der Waals surface area contributed by atoms with Gasteiger partial charge in [-0.1, -0.05) is 35.0 Å². The number of anilines is 1. The largest absolute Gasteiger partial charge is 0.493 e. The zero-order chi connectivity index (χ0) is 20.3. The monoisotopic (exact) mass is 400 g/mol. The average molecular weight is 401 g/mol. The first-order valence-electron chi connectivity index (χ1n) is 8.66. The Hall–Kier alpha value is -2.99. The molecule has 3 aromatic rings. The van der Waals surface area contributed by atoms with Crippen LogP contribution in [0.5, 0.6) is 11.5 Å². The summed E-state index contributed by atoms with van der Waals surface area (Å²) in [6.45, 7) is 4.00. The maximum Gasteiger partial charge on any atom is 0.258 e. The van der Waals surface area contributed by atoms with Gasteiger partial charge in [0.1, 0.15) is 5.76 Å². The van der Waals surface area contributed by atoms with Gasteiger partial charge in [0.05, 0.1) is 31.5 Å². The van der Waals surface area contributed by atoms with Crippen LogP contribution >= 0.6 is 11.6 Å². The van der Waals surface area contributed by atoms with Gasteiger partial charge in [-0.15, -0.1) is 0 Å². The van der Waals surface area contributed by atoms with Crippen LogP contribution in [0.15, 0.2) is 47.0 Å². The van der Waals surface area contributed by atoms with Crippen LogP contribution in [0, 0.1) is 13.8 Å². The van der Waals surface area contributed by atoms with E-state index in [4.69, 9.17) is 25.6 Å². The molecular formula is C21H21ClN2O4. The lowest BCUT2D eigenvalue weighted by Crippen LogP contribution is -2.30. The Labute approximate surface area is 168 Å². The smallest absolute Gasteiger partial charge is 0.258 e. The van der Waals surface area contributed by atoms with E-state index in [1.54, 1.807) is 17.0 Å². The van der Waals surface area contributed by atoms with E-state index < -0.39 is 0 Å². The van der Waals surface area contributed by atoms with Crippen molar-refractivity contribution in [3.63, 3.8) is 0 Å². The van der Waals surface area contributed by atoms with Gasteiger partial charge in [0.15, 0.2) is 11.5 Å². The second-order valence-corrected chi connectivity index (χ2v) is 6.63. The highest BCUT2D eigenvalue weighted by Crippen LogP contribution is 2.37. The van der Waals surface area contributed by atoms with Crippen LogP contribution < -0.4 is 14.4 Å². The highest BCUT2D eigenvalue weighted by Gasteiger charge is 2.24. The molecule has 0 bridgehead atoms. The lowest BCUT2D eigenvalue weighted by atomic mass is 10.1. The zero-order valence-electron chi connectivity index (χ0n) is 16.2. The summed E-state index contributed by atoms with van der Waals surface area (Å²) in [4.78, 5) is 15.1. The van der Waals surface area contributed by atoms with Crippen LogP contribution in [0.1, 0.15) is 27.4 Å². The van der Waals surface area contributed by atoms with Crippen molar-refractivity contribution in [2.45, 2.75) is 20.4 Å². The van der Waals surface area contributed by atoms with Crippen molar-refractivity contribution in [1.29, 1.82) is 0 Å². The molecule has 0 fully saturated rings. The zero-order valence-corrected chi connectivity index (χ0v) is 16.9. The SMILES string of the molecule is COc1cc(C(=O)N(Cc2c(C)noc2C)c2ccccc2)cc(Cl)c1OC. The molecule has 0 aliphatic heterocycles. The molecule has 146 valence electrons. The summed E-state index contributed by atoms with van der Waals surface area (Å²) >= 11 is 6.30. The number of methoxy groups -OCH3 is 2. The predicted octanol–water partition coefficient (Wildman–Crippen LogP) is 4.81. The molecule has 1 amide bonds. The van der Waals surface area contributed by atoms with Crippen molar-refractivity contribution in [3.8, 4) is 11.5 Å². The standard InChI is InChI=1S/C21H21ClN2O4/c1-13-17(14(2)28-23-13)12-24(16-8-6-5-7-9-16)21(25)15-10-18(22)20(27-4)19(11-15)26-3/h5-11H,12H2,1-4H3. The van der Waals surface area contributed by atoms with E-state index in [2.05, 4.69) is 5.16 Å². The van der Waals surface area contributed by atoms with E-state index in [0.29, 0.717) is 34.4 Å². The van der Waals surface area contributed by atoms with Crippen molar-refractivity contribution in [2.75, 3.05) is 19.1 Å². The van der Waals surface area contributed by atoms with E-state index in [1.807, 2.05) is 44.2 Å². The fourth-order valence-electron chi connectivity index (χ4n) is 2.97. The van der Waals surface area contributed by atoms with Crippen molar-refractivity contribution in [2.24, 2.45) is 0 Å². The van der Waals surface area contributed by atoms with E-state index in [1.165, 1.54) is 14.2 Å². The number of rotatable bonds is 6. The molecule has 0 saturated carbocycles. The van der Waals surface area contributed by atoms with Gasteiger partial charge in [-0.05, 0) is 38.1 Å². The molecule has 0 radical (unpaired) electrons. The second-order valence-electron chi connectivity index (χ2n) is 6.22. The van der Waals surface area contributed by atoms with Gasteiger partial charge < -0.3 is 18.9 Å². The molecular weight excluding hydrogens is 380 g/mol. The molecule has 2 aromatic carbocycles. The lowest BCUT2D eigenvalue weighted by molar-refractivity contribution is 0.0984. The quantitative estimate of drug-likeness (QED) is 0.594. The van der Waals surface area contributed by atoms with Crippen LogP contribution in [-0.2, 0) is 6.54 Å². The van der Waals surface area contributed by atoms with Crippen LogP contribution in [0.2, 0.25) is 5.02 Å². The van der Waals surface area contributed by atoms with Crippen molar-refractivity contribution in [3.05, 3.63) is 70.1 Å². The first-order chi connectivity index (χ1) is 13.5. The van der Waals surface area contributed by atoms with Crippen LogP contribution in [-0.4, -0.2) is 25.3 Å². The molecule has 0 saturated heterocycles. The first kappa shape index (κ1) is 19.8.